The summed E-state index contributed by atoms with van der Waals surface area (Å²) in [5, 5.41) is 3.62. The highest BCUT2D eigenvalue weighted by Crippen LogP contribution is 2.29. The summed E-state index contributed by atoms with van der Waals surface area (Å²) in [6.07, 6.45) is 2.15. The van der Waals surface area contributed by atoms with Crippen LogP contribution in [0.1, 0.15) is 35.4 Å². The Morgan fingerprint density at radius 1 is 1.26 bits per heavy atom. The monoisotopic (exact) mass is 293 g/mol. The Morgan fingerprint density at radius 3 is 2.74 bits per heavy atom. The molecule has 1 nitrogen and oxygen atoms in total. The molecule has 1 atom stereocenters. The summed E-state index contributed by atoms with van der Waals surface area (Å²) in [5.74, 6) is 0. The zero-order chi connectivity index (χ0) is 13.7. The summed E-state index contributed by atoms with van der Waals surface area (Å²) in [6, 6.07) is 13.2. The molecule has 1 N–H and O–H groups in total. The normalized spacial score (nSPS) is 12.6. The Kier molecular flexibility index (Phi) is 5.44. The van der Waals surface area contributed by atoms with Crippen molar-refractivity contribution in [3.05, 3.63) is 56.7 Å². The standard InChI is InChI=1S/C16H20ClNS/c1-3-9-18-14(15-7-8-16(17)19-15)11-13-6-4-5-12(2)10-13/h4-8,10,14,18H,3,9,11H2,1-2H3. The molecule has 0 aliphatic carbocycles. The van der Waals surface area contributed by atoms with Gasteiger partial charge in [0.05, 0.1) is 4.34 Å². The number of aryl methyl sites for hydroxylation is 1. The molecule has 0 bridgehead atoms. The van der Waals surface area contributed by atoms with Crippen molar-refractivity contribution >= 4 is 22.9 Å². The van der Waals surface area contributed by atoms with Crippen molar-refractivity contribution in [3.63, 3.8) is 0 Å². The van der Waals surface area contributed by atoms with E-state index >= 15 is 0 Å². The Hall–Kier alpha value is -0.830. The van der Waals surface area contributed by atoms with Gasteiger partial charge in [-0.1, -0.05) is 48.4 Å². The zero-order valence-electron chi connectivity index (χ0n) is 11.4. The van der Waals surface area contributed by atoms with Crippen molar-refractivity contribution in [1.82, 2.24) is 5.32 Å². The maximum absolute atomic E-state index is 6.06. The highest BCUT2D eigenvalue weighted by atomic mass is 35.5. The molecular weight excluding hydrogens is 274 g/mol. The Labute approximate surface area is 124 Å². The van der Waals surface area contributed by atoms with Gasteiger partial charge < -0.3 is 5.32 Å². The van der Waals surface area contributed by atoms with Gasteiger partial charge in [-0.25, -0.2) is 0 Å². The molecule has 102 valence electrons. The minimum atomic E-state index is 0.360. The number of hydrogen-bond acceptors (Lipinski definition) is 2. The second-order valence-corrected chi connectivity index (χ2v) is 6.59. The number of halogens is 1. The average Bonchev–Trinajstić information content (AvgIpc) is 2.81. The molecule has 0 radical (unpaired) electrons. The average molecular weight is 294 g/mol. The van der Waals surface area contributed by atoms with Crippen LogP contribution >= 0.6 is 22.9 Å². The molecule has 19 heavy (non-hydrogen) atoms. The van der Waals surface area contributed by atoms with Crippen LogP contribution in [0, 0.1) is 6.92 Å². The number of benzene rings is 1. The lowest BCUT2D eigenvalue weighted by Crippen LogP contribution is -2.23. The van der Waals surface area contributed by atoms with Gasteiger partial charge in [-0.3, -0.25) is 0 Å². The molecular formula is C16H20ClNS. The Bertz CT molecular complexity index is 521. The van der Waals surface area contributed by atoms with Crippen LogP contribution in [0.2, 0.25) is 4.34 Å². The lowest BCUT2D eigenvalue weighted by Gasteiger charge is -2.17. The predicted octanol–water partition coefficient (Wildman–Crippen LogP) is 4.99. The van der Waals surface area contributed by atoms with Crippen LogP contribution in [0.4, 0.5) is 0 Å². The first-order valence-electron chi connectivity index (χ1n) is 6.73. The summed E-state index contributed by atoms with van der Waals surface area (Å²) < 4.78 is 0.863. The van der Waals surface area contributed by atoms with E-state index in [0.29, 0.717) is 6.04 Å². The third-order valence-electron chi connectivity index (χ3n) is 3.10. The quantitative estimate of drug-likeness (QED) is 0.791. The maximum atomic E-state index is 6.06. The van der Waals surface area contributed by atoms with Crippen LogP contribution < -0.4 is 5.32 Å². The van der Waals surface area contributed by atoms with Gasteiger partial charge >= 0.3 is 0 Å². The van der Waals surface area contributed by atoms with Crippen LogP contribution in [-0.2, 0) is 6.42 Å². The highest BCUT2D eigenvalue weighted by molar-refractivity contribution is 7.16. The lowest BCUT2D eigenvalue weighted by atomic mass is 10.0. The topological polar surface area (TPSA) is 12.0 Å². The van der Waals surface area contributed by atoms with E-state index in [4.69, 9.17) is 11.6 Å². The van der Waals surface area contributed by atoms with Crippen molar-refractivity contribution in [2.45, 2.75) is 32.7 Å². The predicted molar refractivity (Wildman–Crippen MR) is 85.2 cm³/mol. The molecule has 2 aromatic rings. The van der Waals surface area contributed by atoms with Crippen LogP contribution in [0.5, 0.6) is 0 Å². The minimum absolute atomic E-state index is 0.360. The van der Waals surface area contributed by atoms with Crippen LogP contribution in [0.3, 0.4) is 0 Å². The smallest absolute Gasteiger partial charge is 0.0931 e. The number of rotatable bonds is 6. The summed E-state index contributed by atoms with van der Waals surface area (Å²) in [6.45, 7) is 5.37. The molecule has 0 amide bonds. The third-order valence-corrected chi connectivity index (χ3v) is 4.45. The van der Waals surface area contributed by atoms with Gasteiger partial charge in [0.2, 0.25) is 0 Å². The largest absolute Gasteiger partial charge is 0.309 e. The van der Waals surface area contributed by atoms with Crippen LogP contribution in [0.25, 0.3) is 0 Å². The maximum Gasteiger partial charge on any atom is 0.0931 e. The molecule has 0 spiro atoms. The molecule has 3 heteroatoms. The molecule has 1 unspecified atom stereocenters. The lowest BCUT2D eigenvalue weighted by molar-refractivity contribution is 0.536. The van der Waals surface area contributed by atoms with Gasteiger partial charge in [-0.05, 0) is 44.0 Å². The first-order valence-corrected chi connectivity index (χ1v) is 7.92. The number of thiophene rings is 1. The molecule has 2 rings (SSSR count). The van der Waals surface area contributed by atoms with E-state index in [2.05, 4.69) is 49.5 Å². The van der Waals surface area contributed by atoms with Crippen molar-refractivity contribution in [2.24, 2.45) is 0 Å². The fourth-order valence-corrected chi connectivity index (χ4v) is 3.32. The molecule has 0 saturated heterocycles. The van der Waals surface area contributed by atoms with E-state index in [1.807, 2.05) is 6.07 Å². The van der Waals surface area contributed by atoms with Crippen molar-refractivity contribution in [2.75, 3.05) is 6.54 Å². The van der Waals surface area contributed by atoms with E-state index in [-0.39, 0.29) is 0 Å². The zero-order valence-corrected chi connectivity index (χ0v) is 13.0. The van der Waals surface area contributed by atoms with Crippen molar-refractivity contribution < 1.29 is 0 Å². The molecule has 0 aliphatic rings. The summed E-state index contributed by atoms with van der Waals surface area (Å²) >= 11 is 7.73. The number of hydrogen-bond donors (Lipinski definition) is 1. The van der Waals surface area contributed by atoms with Gasteiger partial charge in [-0.15, -0.1) is 11.3 Å². The van der Waals surface area contributed by atoms with Crippen LogP contribution in [-0.4, -0.2) is 6.54 Å². The summed E-state index contributed by atoms with van der Waals surface area (Å²) in [7, 11) is 0. The molecule has 0 aliphatic heterocycles. The first-order chi connectivity index (χ1) is 9.19. The van der Waals surface area contributed by atoms with Gasteiger partial charge in [0.25, 0.3) is 0 Å². The van der Waals surface area contributed by atoms with Gasteiger partial charge in [-0.2, -0.15) is 0 Å². The first kappa shape index (κ1) is 14.6. The Morgan fingerprint density at radius 2 is 2.11 bits per heavy atom. The van der Waals surface area contributed by atoms with Gasteiger partial charge in [0, 0.05) is 10.9 Å². The molecule has 0 fully saturated rings. The van der Waals surface area contributed by atoms with E-state index in [9.17, 15) is 0 Å². The van der Waals surface area contributed by atoms with Crippen LogP contribution in [0.15, 0.2) is 36.4 Å². The summed E-state index contributed by atoms with van der Waals surface area (Å²) in [5.41, 5.74) is 2.69. The summed E-state index contributed by atoms with van der Waals surface area (Å²) in [4.78, 5) is 1.32. The number of nitrogens with one attached hydrogen (secondary N) is 1. The van der Waals surface area contributed by atoms with E-state index in [1.54, 1.807) is 11.3 Å². The second kappa shape index (κ2) is 7.09. The third kappa shape index (κ3) is 4.34. The minimum Gasteiger partial charge on any atom is -0.309 e. The van der Waals surface area contributed by atoms with Crippen molar-refractivity contribution in [3.8, 4) is 0 Å². The molecule has 1 heterocycles. The second-order valence-electron chi connectivity index (χ2n) is 4.84. The van der Waals surface area contributed by atoms with Crippen molar-refractivity contribution in [1.29, 1.82) is 0 Å². The molecule has 0 saturated carbocycles. The Balaban J connectivity index is 2.13. The van der Waals surface area contributed by atoms with Gasteiger partial charge in [0.1, 0.15) is 0 Å². The highest BCUT2D eigenvalue weighted by Gasteiger charge is 2.13. The van der Waals surface area contributed by atoms with E-state index in [1.165, 1.54) is 16.0 Å². The van der Waals surface area contributed by atoms with E-state index in [0.717, 1.165) is 23.7 Å². The van der Waals surface area contributed by atoms with E-state index < -0.39 is 0 Å². The fourth-order valence-electron chi connectivity index (χ4n) is 2.18. The fraction of sp³-hybridized carbons (Fsp3) is 0.375. The SMILES string of the molecule is CCCNC(Cc1cccc(C)c1)c1ccc(Cl)s1. The molecule has 1 aromatic carbocycles. The molecule has 1 aromatic heterocycles. The van der Waals surface area contributed by atoms with Gasteiger partial charge in [0.15, 0.2) is 0 Å².